The van der Waals surface area contributed by atoms with Crippen molar-refractivity contribution in [1.82, 2.24) is 10.2 Å². The molecular weight excluding hydrogens is 260 g/mol. The van der Waals surface area contributed by atoms with Crippen LogP contribution in [0.25, 0.3) is 0 Å². The minimum absolute atomic E-state index is 0.930. The van der Waals surface area contributed by atoms with E-state index >= 15 is 0 Å². The van der Waals surface area contributed by atoms with E-state index in [1.54, 1.807) is 7.11 Å². The van der Waals surface area contributed by atoms with Crippen LogP contribution in [0.4, 0.5) is 0 Å². The third kappa shape index (κ3) is 3.09. The van der Waals surface area contributed by atoms with Crippen LogP contribution in [0.5, 0.6) is 5.75 Å². The number of benzene rings is 2. The first-order valence-corrected chi connectivity index (χ1v) is 7.39. The van der Waals surface area contributed by atoms with Gasteiger partial charge < -0.3 is 10.1 Å². The molecule has 110 valence electrons. The summed E-state index contributed by atoms with van der Waals surface area (Å²) in [5, 5.41) is 3.21. The van der Waals surface area contributed by atoms with Crippen molar-refractivity contribution in [2.24, 2.45) is 0 Å². The van der Waals surface area contributed by atoms with Crippen LogP contribution in [0.1, 0.15) is 22.3 Å². The van der Waals surface area contributed by atoms with Gasteiger partial charge in [-0.05, 0) is 29.8 Å². The van der Waals surface area contributed by atoms with Gasteiger partial charge in [-0.3, -0.25) is 4.90 Å². The highest BCUT2D eigenvalue weighted by Gasteiger charge is 2.20. The Morgan fingerprint density at radius 3 is 2.71 bits per heavy atom. The molecule has 3 rings (SSSR count). The highest BCUT2D eigenvalue weighted by molar-refractivity contribution is 5.37. The minimum Gasteiger partial charge on any atom is -0.496 e. The molecule has 0 unspecified atom stereocenters. The predicted molar refractivity (Wildman–Crippen MR) is 85.2 cm³/mol. The second-order valence-corrected chi connectivity index (χ2v) is 5.59. The first-order valence-electron chi connectivity index (χ1n) is 7.39. The number of hydrogen-bond acceptors (Lipinski definition) is 3. The number of fused-ring (bicyclic) bond motifs is 1. The fourth-order valence-electron chi connectivity index (χ4n) is 3.02. The van der Waals surface area contributed by atoms with Crippen LogP contribution in [0.2, 0.25) is 0 Å². The van der Waals surface area contributed by atoms with Crippen LogP contribution in [0.15, 0.2) is 42.5 Å². The lowest BCUT2D eigenvalue weighted by atomic mass is 10.1. The molecule has 0 saturated heterocycles. The van der Waals surface area contributed by atoms with Gasteiger partial charge in [-0.2, -0.15) is 0 Å². The summed E-state index contributed by atoms with van der Waals surface area (Å²) in [5.41, 5.74) is 5.51. The van der Waals surface area contributed by atoms with E-state index in [9.17, 15) is 0 Å². The summed E-state index contributed by atoms with van der Waals surface area (Å²) < 4.78 is 5.45. The fraction of sp³-hybridized carbons (Fsp3) is 0.333. The van der Waals surface area contributed by atoms with E-state index in [1.807, 2.05) is 19.2 Å². The smallest absolute Gasteiger partial charge is 0.123 e. The normalized spacial score (nSPS) is 14.2. The third-order valence-electron chi connectivity index (χ3n) is 4.03. The number of hydrogen-bond donors (Lipinski definition) is 1. The maximum atomic E-state index is 5.45. The van der Waals surface area contributed by atoms with E-state index in [2.05, 4.69) is 40.5 Å². The van der Waals surface area contributed by atoms with Crippen molar-refractivity contribution in [2.45, 2.75) is 26.2 Å². The molecule has 21 heavy (non-hydrogen) atoms. The lowest BCUT2D eigenvalue weighted by Crippen LogP contribution is -2.16. The van der Waals surface area contributed by atoms with Crippen molar-refractivity contribution in [2.75, 3.05) is 14.2 Å². The molecule has 0 aliphatic carbocycles. The van der Waals surface area contributed by atoms with Crippen LogP contribution in [0, 0.1) is 0 Å². The molecule has 3 heteroatoms. The Balaban J connectivity index is 1.72. The molecule has 0 fully saturated rings. The van der Waals surface area contributed by atoms with E-state index in [0.717, 1.165) is 31.9 Å². The van der Waals surface area contributed by atoms with E-state index in [1.165, 1.54) is 22.3 Å². The van der Waals surface area contributed by atoms with Crippen molar-refractivity contribution < 1.29 is 4.74 Å². The van der Waals surface area contributed by atoms with Crippen molar-refractivity contribution in [1.29, 1.82) is 0 Å². The summed E-state index contributed by atoms with van der Waals surface area (Å²) in [4.78, 5) is 2.46. The molecule has 1 heterocycles. The number of ether oxygens (including phenoxy) is 1. The molecule has 0 spiro atoms. The SMILES string of the molecule is CNCc1ccc2c(c1)CN(Cc1ccccc1OC)C2. The van der Waals surface area contributed by atoms with Gasteiger partial charge in [-0.15, -0.1) is 0 Å². The zero-order valence-corrected chi connectivity index (χ0v) is 12.7. The van der Waals surface area contributed by atoms with Crippen molar-refractivity contribution in [3.05, 3.63) is 64.7 Å². The molecule has 3 nitrogen and oxygen atoms in total. The summed E-state index contributed by atoms with van der Waals surface area (Å²) in [6.07, 6.45) is 0. The summed E-state index contributed by atoms with van der Waals surface area (Å²) >= 11 is 0. The molecule has 1 N–H and O–H groups in total. The Hall–Kier alpha value is -1.84. The molecule has 2 aromatic carbocycles. The fourth-order valence-corrected chi connectivity index (χ4v) is 3.02. The highest BCUT2D eigenvalue weighted by atomic mass is 16.5. The molecule has 0 bridgehead atoms. The Bertz CT molecular complexity index is 624. The molecule has 0 radical (unpaired) electrons. The Labute approximate surface area is 126 Å². The number of nitrogens with zero attached hydrogens (tertiary/aromatic N) is 1. The predicted octanol–water partition coefficient (Wildman–Crippen LogP) is 2.93. The van der Waals surface area contributed by atoms with E-state index < -0.39 is 0 Å². The van der Waals surface area contributed by atoms with E-state index in [4.69, 9.17) is 4.74 Å². The summed E-state index contributed by atoms with van der Waals surface area (Å²) in [6, 6.07) is 15.1. The summed E-state index contributed by atoms with van der Waals surface area (Å²) in [7, 11) is 3.73. The van der Waals surface area contributed by atoms with E-state index in [0.29, 0.717) is 0 Å². The Morgan fingerprint density at radius 1 is 1.10 bits per heavy atom. The van der Waals surface area contributed by atoms with Gasteiger partial charge in [0.15, 0.2) is 0 Å². The van der Waals surface area contributed by atoms with Crippen LogP contribution in [-0.4, -0.2) is 19.1 Å². The van der Waals surface area contributed by atoms with Crippen LogP contribution in [0.3, 0.4) is 0 Å². The van der Waals surface area contributed by atoms with Gasteiger partial charge in [-0.25, -0.2) is 0 Å². The quantitative estimate of drug-likeness (QED) is 0.912. The van der Waals surface area contributed by atoms with Gasteiger partial charge in [0.1, 0.15) is 5.75 Å². The molecular formula is C18H22N2O. The molecule has 0 saturated carbocycles. The third-order valence-corrected chi connectivity index (χ3v) is 4.03. The van der Waals surface area contributed by atoms with Gasteiger partial charge in [-0.1, -0.05) is 36.4 Å². The molecule has 2 aromatic rings. The molecule has 0 aromatic heterocycles. The summed E-state index contributed by atoms with van der Waals surface area (Å²) in [5.74, 6) is 0.976. The van der Waals surface area contributed by atoms with Gasteiger partial charge in [0.25, 0.3) is 0 Å². The average molecular weight is 282 g/mol. The molecule has 1 aliphatic heterocycles. The van der Waals surface area contributed by atoms with Gasteiger partial charge in [0, 0.05) is 31.7 Å². The minimum atomic E-state index is 0.930. The largest absolute Gasteiger partial charge is 0.496 e. The Morgan fingerprint density at radius 2 is 1.90 bits per heavy atom. The maximum Gasteiger partial charge on any atom is 0.123 e. The first kappa shape index (κ1) is 14.1. The van der Waals surface area contributed by atoms with Gasteiger partial charge >= 0.3 is 0 Å². The van der Waals surface area contributed by atoms with Crippen molar-refractivity contribution >= 4 is 0 Å². The molecule has 0 atom stereocenters. The second-order valence-electron chi connectivity index (χ2n) is 5.59. The van der Waals surface area contributed by atoms with Crippen LogP contribution < -0.4 is 10.1 Å². The standard InChI is InChI=1S/C18H22N2O/c1-19-10-14-7-8-15-11-20(13-17(15)9-14)12-16-5-3-4-6-18(16)21-2/h3-9,19H,10-13H2,1-2H3. The number of para-hydroxylation sites is 1. The van der Waals surface area contributed by atoms with Gasteiger partial charge in [0.2, 0.25) is 0 Å². The van der Waals surface area contributed by atoms with Crippen molar-refractivity contribution in [3.8, 4) is 5.75 Å². The molecule has 1 aliphatic rings. The highest BCUT2D eigenvalue weighted by Crippen LogP contribution is 2.27. The Kier molecular flexibility index (Phi) is 4.23. The number of rotatable bonds is 5. The average Bonchev–Trinajstić information content (AvgIpc) is 2.89. The maximum absolute atomic E-state index is 5.45. The number of nitrogens with one attached hydrogen (secondary N) is 1. The van der Waals surface area contributed by atoms with Crippen molar-refractivity contribution in [3.63, 3.8) is 0 Å². The lowest BCUT2D eigenvalue weighted by molar-refractivity contribution is 0.270. The first-order chi connectivity index (χ1) is 10.3. The molecule has 0 amide bonds. The summed E-state index contributed by atoms with van der Waals surface area (Å²) in [6.45, 7) is 3.90. The van der Waals surface area contributed by atoms with Crippen LogP contribution in [-0.2, 0) is 26.2 Å². The van der Waals surface area contributed by atoms with Crippen LogP contribution >= 0.6 is 0 Å². The lowest BCUT2D eigenvalue weighted by Gasteiger charge is -2.16. The zero-order valence-electron chi connectivity index (χ0n) is 12.7. The number of methoxy groups -OCH3 is 1. The monoisotopic (exact) mass is 282 g/mol. The van der Waals surface area contributed by atoms with E-state index in [-0.39, 0.29) is 0 Å². The second kappa shape index (κ2) is 6.29. The zero-order chi connectivity index (χ0) is 14.7. The topological polar surface area (TPSA) is 24.5 Å². The van der Waals surface area contributed by atoms with Gasteiger partial charge in [0.05, 0.1) is 7.11 Å².